The highest BCUT2D eigenvalue weighted by molar-refractivity contribution is 9.10. The fourth-order valence-electron chi connectivity index (χ4n) is 5.03. The molecule has 34 heavy (non-hydrogen) atoms. The average Bonchev–Trinajstić information content (AvgIpc) is 3.44. The van der Waals surface area contributed by atoms with E-state index in [0.29, 0.717) is 28.5 Å². The van der Waals surface area contributed by atoms with Gasteiger partial charge in [-0.15, -0.1) is 0 Å². The van der Waals surface area contributed by atoms with Crippen LogP contribution in [0.1, 0.15) is 50.7 Å². The number of hydrazone groups is 1. The van der Waals surface area contributed by atoms with Crippen molar-refractivity contribution in [1.82, 2.24) is 5.43 Å². The maximum absolute atomic E-state index is 12.6. The van der Waals surface area contributed by atoms with E-state index in [0.717, 1.165) is 24.0 Å². The van der Waals surface area contributed by atoms with Gasteiger partial charge < -0.3 is 9.47 Å². The zero-order valence-electron chi connectivity index (χ0n) is 19.3. The molecule has 1 amide bonds. The summed E-state index contributed by atoms with van der Waals surface area (Å²) in [4.78, 5) is 23.0. The van der Waals surface area contributed by atoms with Crippen molar-refractivity contribution in [3.63, 3.8) is 0 Å². The van der Waals surface area contributed by atoms with Crippen molar-refractivity contribution in [2.24, 2.45) is 22.4 Å². The molecule has 0 bridgehead atoms. The highest BCUT2D eigenvalue weighted by Gasteiger charge is 2.64. The maximum atomic E-state index is 12.6. The number of ether oxygens (including phenoxy) is 2. The third-order valence-electron chi connectivity index (χ3n) is 6.86. The second kappa shape index (κ2) is 10.1. The second-order valence-electron chi connectivity index (χ2n) is 9.05. The number of hydrogen-bond donors (Lipinski definition) is 1. The highest BCUT2D eigenvalue weighted by Crippen LogP contribution is 2.66. The summed E-state index contributed by atoms with van der Waals surface area (Å²) >= 11 is 3.53. The Hall–Kier alpha value is -2.94. The van der Waals surface area contributed by atoms with Gasteiger partial charge in [0.25, 0.3) is 5.69 Å². The topological polar surface area (TPSA) is 103 Å². The van der Waals surface area contributed by atoms with E-state index in [1.165, 1.54) is 25.0 Å². The zero-order valence-corrected chi connectivity index (χ0v) is 20.8. The van der Waals surface area contributed by atoms with Crippen molar-refractivity contribution < 1.29 is 19.2 Å². The number of amides is 1. The summed E-state index contributed by atoms with van der Waals surface area (Å²) in [5.41, 5.74) is 4.43. The van der Waals surface area contributed by atoms with Crippen LogP contribution < -0.4 is 14.9 Å². The molecule has 9 heteroatoms. The lowest BCUT2D eigenvalue weighted by molar-refractivity contribution is -0.384. The van der Waals surface area contributed by atoms with Crippen LogP contribution in [0.5, 0.6) is 11.5 Å². The van der Waals surface area contributed by atoms with Gasteiger partial charge in [0.15, 0.2) is 11.5 Å². The van der Waals surface area contributed by atoms with Gasteiger partial charge in [0.05, 0.1) is 22.2 Å². The molecule has 0 heterocycles. The molecule has 2 aliphatic rings. The van der Waals surface area contributed by atoms with Crippen molar-refractivity contribution in [1.29, 1.82) is 0 Å². The van der Waals surface area contributed by atoms with Crippen LogP contribution in [0.2, 0.25) is 0 Å². The molecule has 0 radical (unpaired) electrons. The van der Waals surface area contributed by atoms with Crippen molar-refractivity contribution in [3.05, 3.63) is 62.1 Å². The van der Waals surface area contributed by atoms with Crippen LogP contribution >= 0.6 is 15.9 Å². The largest absolute Gasteiger partial charge is 0.490 e. The lowest BCUT2D eigenvalue weighted by Gasteiger charge is -2.15. The maximum Gasteiger partial charge on any atom is 0.269 e. The first-order chi connectivity index (χ1) is 16.3. The molecule has 4 rings (SSSR count). The Bertz CT molecular complexity index is 1100. The van der Waals surface area contributed by atoms with Crippen molar-refractivity contribution in [3.8, 4) is 11.5 Å². The number of carbonyl (C=O) groups excluding carboxylic acids is 1. The number of non-ortho nitro benzene ring substituents is 1. The van der Waals surface area contributed by atoms with E-state index < -0.39 is 4.92 Å². The molecule has 0 saturated heterocycles. The van der Waals surface area contributed by atoms with Crippen LogP contribution in [0.25, 0.3) is 0 Å². The third-order valence-corrected chi connectivity index (χ3v) is 7.45. The van der Waals surface area contributed by atoms with Crippen LogP contribution in [0, 0.1) is 27.4 Å². The lowest BCUT2D eigenvalue weighted by atomic mass is 9.90. The highest BCUT2D eigenvalue weighted by atomic mass is 79.9. The van der Waals surface area contributed by atoms with E-state index in [9.17, 15) is 14.9 Å². The van der Waals surface area contributed by atoms with Crippen LogP contribution in [-0.4, -0.2) is 23.7 Å². The van der Waals surface area contributed by atoms with Crippen molar-refractivity contribution >= 4 is 33.7 Å². The van der Waals surface area contributed by atoms with Crippen LogP contribution in [0.15, 0.2) is 46.0 Å². The number of benzene rings is 2. The quantitative estimate of drug-likeness (QED) is 0.258. The molecule has 2 fully saturated rings. The Labute approximate surface area is 207 Å². The minimum Gasteiger partial charge on any atom is -0.490 e. The molecule has 0 aliphatic heterocycles. The average molecular weight is 530 g/mol. The number of nitrogens with zero attached hydrogens (tertiary/aromatic N) is 2. The molecule has 0 aromatic heterocycles. The van der Waals surface area contributed by atoms with Gasteiger partial charge in [0, 0.05) is 18.1 Å². The number of carbonyl (C=O) groups is 1. The number of nitrogens with one attached hydrogen (secondary N) is 1. The molecular formula is C25H28BrN3O5. The van der Waals surface area contributed by atoms with Gasteiger partial charge in [-0.3, -0.25) is 14.9 Å². The Morgan fingerprint density at radius 3 is 2.71 bits per heavy atom. The Morgan fingerprint density at radius 1 is 1.29 bits per heavy atom. The van der Waals surface area contributed by atoms with E-state index in [4.69, 9.17) is 9.47 Å². The van der Waals surface area contributed by atoms with Crippen LogP contribution in [0.4, 0.5) is 5.69 Å². The zero-order chi connectivity index (χ0) is 24.3. The molecule has 180 valence electrons. The van der Waals surface area contributed by atoms with Gasteiger partial charge in [-0.2, -0.15) is 5.10 Å². The van der Waals surface area contributed by atoms with Gasteiger partial charge in [-0.1, -0.05) is 19.8 Å². The molecular weight excluding hydrogens is 502 g/mol. The number of nitro benzene ring substituents is 1. The molecule has 2 aromatic carbocycles. The van der Waals surface area contributed by atoms with Crippen molar-refractivity contribution in [2.45, 2.75) is 46.1 Å². The summed E-state index contributed by atoms with van der Waals surface area (Å²) in [5, 5.41) is 15.0. The summed E-state index contributed by atoms with van der Waals surface area (Å²) in [6.45, 7) is 4.76. The fourth-order valence-corrected chi connectivity index (χ4v) is 5.60. The molecule has 1 N–H and O–H groups in total. The minimum absolute atomic E-state index is 0.00204. The molecule has 0 unspecified atom stereocenters. The predicted octanol–water partition coefficient (Wildman–Crippen LogP) is 5.61. The monoisotopic (exact) mass is 529 g/mol. The SMILES string of the molecule is CCOc1cc(/C=N\NC(=O)[C@@H]2[C@@H]3CCCC[C@@]23C)cc(Br)c1OCc1ccc([N+](=O)[O-])cc1. The van der Waals surface area contributed by atoms with Gasteiger partial charge in [-0.05, 0) is 82.4 Å². The predicted molar refractivity (Wildman–Crippen MR) is 132 cm³/mol. The summed E-state index contributed by atoms with van der Waals surface area (Å²) in [5.74, 6) is 1.61. The standard InChI is InChI=1S/C25H28BrN3O5/c1-3-33-21-13-17(14-27-28-24(30)22-19-6-4-5-11-25(19,22)2)12-20(26)23(21)34-15-16-7-9-18(10-8-16)29(31)32/h7-10,12-14,19,22H,3-6,11,15H2,1-2H3,(H,28,30)/b27-14-/t19-,22-,25+/m0/s1. The lowest BCUT2D eigenvalue weighted by Crippen LogP contribution is -2.22. The van der Waals surface area contributed by atoms with Gasteiger partial charge in [0.2, 0.25) is 5.91 Å². The minimum atomic E-state index is -0.435. The first-order valence-corrected chi connectivity index (χ1v) is 12.3. The van der Waals surface area contributed by atoms with Crippen LogP contribution in [0.3, 0.4) is 0 Å². The number of rotatable bonds is 9. The first-order valence-electron chi connectivity index (χ1n) is 11.5. The van der Waals surface area contributed by atoms with E-state index in [1.54, 1.807) is 24.4 Å². The molecule has 2 aliphatic carbocycles. The van der Waals surface area contributed by atoms with Crippen molar-refractivity contribution in [2.75, 3.05) is 6.61 Å². The van der Waals surface area contributed by atoms with Gasteiger partial charge in [-0.25, -0.2) is 5.43 Å². The van der Waals surface area contributed by atoms with Gasteiger partial charge >= 0.3 is 0 Å². The Balaban J connectivity index is 1.41. The number of fused-ring (bicyclic) bond motifs is 1. The number of hydrogen-bond acceptors (Lipinski definition) is 6. The van der Waals surface area contributed by atoms with E-state index in [-0.39, 0.29) is 29.5 Å². The van der Waals surface area contributed by atoms with E-state index in [2.05, 4.69) is 33.4 Å². The Morgan fingerprint density at radius 2 is 2.06 bits per heavy atom. The fraction of sp³-hybridized carbons (Fsp3) is 0.440. The summed E-state index contributed by atoms with van der Waals surface area (Å²) in [6, 6.07) is 9.85. The molecule has 2 aromatic rings. The number of nitro groups is 1. The molecule has 8 nitrogen and oxygen atoms in total. The van der Waals surface area contributed by atoms with Gasteiger partial charge in [0.1, 0.15) is 6.61 Å². The van der Waals surface area contributed by atoms with E-state index in [1.807, 2.05) is 13.0 Å². The first kappa shape index (κ1) is 24.2. The molecule has 0 spiro atoms. The summed E-state index contributed by atoms with van der Waals surface area (Å²) in [7, 11) is 0. The number of halogens is 1. The van der Waals surface area contributed by atoms with Crippen LogP contribution in [-0.2, 0) is 11.4 Å². The molecule has 2 saturated carbocycles. The van der Waals surface area contributed by atoms with E-state index >= 15 is 0 Å². The summed E-state index contributed by atoms with van der Waals surface area (Å²) in [6.07, 6.45) is 6.25. The summed E-state index contributed by atoms with van der Waals surface area (Å²) < 4.78 is 12.4. The Kier molecular flexibility index (Phi) is 7.21. The normalized spacial score (nSPS) is 23.3. The second-order valence-corrected chi connectivity index (χ2v) is 9.90. The molecule has 3 atom stereocenters. The smallest absolute Gasteiger partial charge is 0.269 e. The third kappa shape index (κ3) is 5.09.